The average Bonchev–Trinajstić information content (AvgIpc) is 3.11. The number of carbonyl (C=O) groups excluding carboxylic acids is 1. The van der Waals surface area contributed by atoms with E-state index in [9.17, 15) is 4.79 Å². The lowest BCUT2D eigenvalue weighted by Crippen LogP contribution is -2.66. The molecule has 1 amide bonds. The normalized spacial score (nSPS) is 24.6. The molecule has 0 radical (unpaired) electrons. The number of carbonyl (C=O) groups is 1. The molecule has 2 atom stereocenters. The van der Waals surface area contributed by atoms with Crippen LogP contribution in [0.15, 0.2) is 90.0 Å². The largest absolute Gasteiger partial charge is 0.364 e. The lowest BCUT2D eigenvalue weighted by atomic mass is 9.67. The first-order chi connectivity index (χ1) is 16.2. The van der Waals surface area contributed by atoms with Gasteiger partial charge in [0.1, 0.15) is 5.41 Å². The monoisotopic (exact) mass is 436 g/mol. The summed E-state index contributed by atoms with van der Waals surface area (Å²) >= 11 is 0. The fourth-order valence-electron chi connectivity index (χ4n) is 5.85. The van der Waals surface area contributed by atoms with Crippen molar-refractivity contribution in [1.82, 2.24) is 4.90 Å². The van der Waals surface area contributed by atoms with Gasteiger partial charge in [0.2, 0.25) is 0 Å². The molecular weight excluding hydrogens is 408 g/mol. The van der Waals surface area contributed by atoms with Crippen LogP contribution < -0.4 is 9.91 Å². The van der Waals surface area contributed by atoms with Gasteiger partial charge in [-0.3, -0.25) is 9.69 Å². The Labute approximate surface area is 194 Å². The van der Waals surface area contributed by atoms with Gasteiger partial charge in [0.15, 0.2) is 0 Å². The molecule has 0 aromatic heterocycles. The van der Waals surface area contributed by atoms with Crippen LogP contribution in [0.25, 0.3) is 0 Å². The molecule has 0 aliphatic carbocycles. The minimum atomic E-state index is -0.653. The van der Waals surface area contributed by atoms with Crippen molar-refractivity contribution < 1.29 is 4.79 Å². The van der Waals surface area contributed by atoms with Gasteiger partial charge in [-0.25, -0.2) is 0 Å². The first-order valence-corrected chi connectivity index (χ1v) is 11.7. The molecule has 1 spiro atoms. The summed E-state index contributed by atoms with van der Waals surface area (Å²) in [4.78, 5) is 19.2. The zero-order valence-electron chi connectivity index (χ0n) is 18.9. The minimum Gasteiger partial charge on any atom is -0.364 e. The Balaban J connectivity index is 1.40. The van der Waals surface area contributed by atoms with Crippen molar-refractivity contribution >= 4 is 23.0 Å². The molecule has 2 unspecified atom stereocenters. The summed E-state index contributed by atoms with van der Waals surface area (Å²) in [6.07, 6.45) is 0.695. The standard InChI is InChI=1S/C28H28N4O/c1-21-28(27(33)32(29-21)24-13-6-3-7-14-24)18-23-12-8-9-15-25(23)31-17-16-30(20-26(28)31)19-22-10-4-2-5-11-22/h2-15,26H,16-20H2,1H3. The fourth-order valence-corrected chi connectivity index (χ4v) is 5.85. The number of piperazine rings is 1. The lowest BCUT2D eigenvalue weighted by Gasteiger charge is -2.53. The van der Waals surface area contributed by atoms with Gasteiger partial charge in [-0.2, -0.15) is 10.1 Å². The van der Waals surface area contributed by atoms with Crippen LogP contribution in [-0.2, 0) is 17.8 Å². The predicted molar refractivity (Wildman–Crippen MR) is 132 cm³/mol. The number of nitrogens with zero attached hydrogens (tertiary/aromatic N) is 4. The number of fused-ring (bicyclic) bond motifs is 4. The number of amides is 1. The maximum atomic E-state index is 14.2. The van der Waals surface area contributed by atoms with Crippen molar-refractivity contribution in [2.45, 2.75) is 25.9 Å². The second-order valence-electron chi connectivity index (χ2n) is 9.34. The van der Waals surface area contributed by atoms with Crippen LogP contribution in [0, 0.1) is 5.41 Å². The highest BCUT2D eigenvalue weighted by molar-refractivity contribution is 6.20. The highest BCUT2D eigenvalue weighted by Crippen LogP contribution is 2.48. The Hall–Kier alpha value is -3.44. The van der Waals surface area contributed by atoms with Crippen LogP contribution in [0.4, 0.5) is 11.4 Å². The van der Waals surface area contributed by atoms with Crippen LogP contribution >= 0.6 is 0 Å². The Morgan fingerprint density at radius 3 is 2.39 bits per heavy atom. The quantitative estimate of drug-likeness (QED) is 0.613. The van der Waals surface area contributed by atoms with Gasteiger partial charge in [0, 0.05) is 31.9 Å². The smallest absolute Gasteiger partial charge is 0.261 e. The van der Waals surface area contributed by atoms with E-state index in [4.69, 9.17) is 5.10 Å². The highest BCUT2D eigenvalue weighted by Gasteiger charge is 2.59. The second-order valence-corrected chi connectivity index (χ2v) is 9.34. The highest BCUT2D eigenvalue weighted by atomic mass is 16.2. The van der Waals surface area contributed by atoms with Crippen LogP contribution in [0.5, 0.6) is 0 Å². The van der Waals surface area contributed by atoms with Gasteiger partial charge >= 0.3 is 0 Å². The van der Waals surface area contributed by atoms with Crippen molar-refractivity contribution in [3.05, 3.63) is 96.1 Å². The van der Waals surface area contributed by atoms with Crippen molar-refractivity contribution in [2.75, 3.05) is 29.5 Å². The SMILES string of the molecule is CC1=NN(c2ccccc2)C(=O)C12Cc1ccccc1N1CCN(Cc3ccccc3)CC12. The van der Waals surface area contributed by atoms with E-state index in [1.807, 2.05) is 37.3 Å². The first-order valence-electron chi connectivity index (χ1n) is 11.7. The molecule has 6 rings (SSSR count). The zero-order valence-corrected chi connectivity index (χ0v) is 18.9. The molecule has 3 aliphatic heterocycles. The topological polar surface area (TPSA) is 39.2 Å². The maximum Gasteiger partial charge on any atom is 0.261 e. The molecule has 5 heteroatoms. The number of rotatable bonds is 3. The molecular formula is C28H28N4O. The number of para-hydroxylation sites is 2. The van der Waals surface area contributed by atoms with Crippen LogP contribution in [0.2, 0.25) is 0 Å². The number of hydrogen-bond donors (Lipinski definition) is 0. The number of hydrazone groups is 1. The first kappa shape index (κ1) is 20.2. The molecule has 166 valence electrons. The Morgan fingerprint density at radius 1 is 0.909 bits per heavy atom. The summed E-state index contributed by atoms with van der Waals surface area (Å²) in [6, 6.07) is 29.1. The van der Waals surface area contributed by atoms with Gasteiger partial charge in [-0.15, -0.1) is 0 Å². The van der Waals surface area contributed by atoms with Gasteiger partial charge in [-0.1, -0.05) is 66.7 Å². The van der Waals surface area contributed by atoms with Crippen LogP contribution in [0.1, 0.15) is 18.1 Å². The van der Waals surface area contributed by atoms with E-state index in [0.717, 1.165) is 37.6 Å². The zero-order chi connectivity index (χ0) is 22.4. The van der Waals surface area contributed by atoms with Crippen molar-refractivity contribution in [3.63, 3.8) is 0 Å². The van der Waals surface area contributed by atoms with E-state index in [-0.39, 0.29) is 11.9 Å². The minimum absolute atomic E-state index is 0.0508. The fraction of sp³-hybridized carbons (Fsp3) is 0.286. The number of benzene rings is 3. The summed E-state index contributed by atoms with van der Waals surface area (Å²) in [7, 11) is 0. The molecule has 1 fully saturated rings. The lowest BCUT2D eigenvalue weighted by molar-refractivity contribution is -0.125. The Bertz CT molecular complexity index is 1210. The second kappa shape index (κ2) is 7.85. The van der Waals surface area contributed by atoms with Gasteiger partial charge in [0.05, 0.1) is 17.4 Å². The average molecular weight is 437 g/mol. The summed E-state index contributed by atoms with van der Waals surface area (Å²) in [5, 5.41) is 6.48. The summed E-state index contributed by atoms with van der Waals surface area (Å²) in [6.45, 7) is 5.66. The van der Waals surface area contributed by atoms with E-state index in [1.54, 1.807) is 5.01 Å². The summed E-state index contributed by atoms with van der Waals surface area (Å²) < 4.78 is 0. The van der Waals surface area contributed by atoms with E-state index in [1.165, 1.54) is 16.8 Å². The third-order valence-electron chi connectivity index (χ3n) is 7.52. The van der Waals surface area contributed by atoms with Gasteiger partial charge < -0.3 is 4.90 Å². The van der Waals surface area contributed by atoms with Crippen molar-refractivity contribution in [2.24, 2.45) is 10.5 Å². The van der Waals surface area contributed by atoms with E-state index < -0.39 is 5.41 Å². The molecule has 3 aliphatic rings. The summed E-state index contributed by atoms with van der Waals surface area (Å²) in [5.74, 6) is 0.0947. The van der Waals surface area contributed by atoms with Crippen molar-refractivity contribution in [3.8, 4) is 0 Å². The third kappa shape index (κ3) is 3.18. The van der Waals surface area contributed by atoms with Crippen LogP contribution in [-0.4, -0.2) is 42.2 Å². The molecule has 3 heterocycles. The number of hydrogen-bond acceptors (Lipinski definition) is 4. The predicted octanol–water partition coefficient (Wildman–Crippen LogP) is 4.34. The Kier molecular flexibility index (Phi) is 4.80. The maximum absolute atomic E-state index is 14.2. The Morgan fingerprint density at radius 2 is 1.61 bits per heavy atom. The van der Waals surface area contributed by atoms with E-state index in [2.05, 4.69) is 64.4 Å². The number of anilines is 2. The molecule has 1 saturated heterocycles. The molecule has 5 nitrogen and oxygen atoms in total. The van der Waals surface area contributed by atoms with Crippen molar-refractivity contribution in [1.29, 1.82) is 0 Å². The molecule has 0 saturated carbocycles. The van der Waals surface area contributed by atoms with E-state index >= 15 is 0 Å². The third-order valence-corrected chi connectivity index (χ3v) is 7.52. The van der Waals surface area contributed by atoms with Gasteiger partial charge in [0.25, 0.3) is 5.91 Å². The van der Waals surface area contributed by atoms with E-state index in [0.29, 0.717) is 6.42 Å². The molecule has 33 heavy (non-hydrogen) atoms. The summed E-state index contributed by atoms with van der Waals surface area (Å²) in [5.41, 5.74) is 4.92. The van der Waals surface area contributed by atoms with Crippen LogP contribution in [0.3, 0.4) is 0 Å². The molecule has 0 bridgehead atoms. The molecule has 3 aromatic carbocycles. The molecule has 0 N–H and O–H groups in total. The van der Waals surface area contributed by atoms with Gasteiger partial charge in [-0.05, 0) is 42.7 Å². The molecule has 3 aromatic rings.